The van der Waals surface area contributed by atoms with Crippen molar-refractivity contribution in [1.29, 1.82) is 0 Å². The number of carbonyl (C=O) groups is 3. The Hall–Kier alpha value is -2.67. The second kappa shape index (κ2) is 41.5. The summed E-state index contributed by atoms with van der Waals surface area (Å²) in [5.74, 6) is -1.24. The van der Waals surface area contributed by atoms with Crippen molar-refractivity contribution in [1.82, 2.24) is 5.32 Å². The second-order valence-electron chi connectivity index (χ2n) is 15.1. The van der Waals surface area contributed by atoms with Gasteiger partial charge in [0.1, 0.15) is 12.1 Å². The zero-order valence-electron chi connectivity index (χ0n) is 35.1. The van der Waals surface area contributed by atoms with Crippen LogP contribution in [0.25, 0.3) is 0 Å². The Labute approximate surface area is 332 Å². The van der Waals surface area contributed by atoms with E-state index in [-0.39, 0.29) is 18.0 Å². The van der Waals surface area contributed by atoms with Crippen LogP contribution < -0.4 is 11.1 Å². The Morgan fingerprint density at radius 3 is 1.54 bits per heavy atom. The molecule has 0 saturated heterocycles. The van der Waals surface area contributed by atoms with Crippen LogP contribution in [0, 0.1) is 0 Å². The van der Waals surface area contributed by atoms with Gasteiger partial charge < -0.3 is 20.9 Å². The van der Waals surface area contributed by atoms with Crippen molar-refractivity contribution in [3.63, 3.8) is 0 Å². The van der Waals surface area contributed by atoms with E-state index >= 15 is 0 Å². The number of hydrogen-bond acceptors (Lipinski definition) is 5. The zero-order valence-corrected chi connectivity index (χ0v) is 35.1. The molecule has 2 unspecified atom stereocenters. The number of carboxylic acids is 1. The average Bonchev–Trinajstić information content (AvgIpc) is 3.16. The number of ether oxygens (including phenoxy) is 1. The summed E-state index contributed by atoms with van der Waals surface area (Å²) in [6, 6.07) is -0.856. The molecule has 4 N–H and O–H groups in total. The summed E-state index contributed by atoms with van der Waals surface area (Å²) in [7, 11) is 0. The molecule has 2 atom stereocenters. The highest BCUT2D eigenvalue weighted by molar-refractivity contribution is 5.83. The van der Waals surface area contributed by atoms with E-state index in [2.05, 4.69) is 67.8 Å². The van der Waals surface area contributed by atoms with Gasteiger partial charge in [-0.15, -0.1) is 0 Å². The minimum Gasteiger partial charge on any atom is -0.480 e. The average molecular weight is 757 g/mol. The van der Waals surface area contributed by atoms with Gasteiger partial charge in [0.2, 0.25) is 5.91 Å². The van der Waals surface area contributed by atoms with Gasteiger partial charge in [-0.2, -0.15) is 0 Å². The van der Waals surface area contributed by atoms with E-state index in [0.717, 1.165) is 89.9 Å². The summed E-state index contributed by atoms with van der Waals surface area (Å²) >= 11 is 0. The second-order valence-corrected chi connectivity index (χ2v) is 15.1. The molecular weight excluding hydrogens is 673 g/mol. The van der Waals surface area contributed by atoms with Gasteiger partial charge >= 0.3 is 11.9 Å². The topological polar surface area (TPSA) is 119 Å². The van der Waals surface area contributed by atoms with Crippen LogP contribution in [-0.2, 0) is 19.1 Å². The molecule has 7 nitrogen and oxygen atoms in total. The van der Waals surface area contributed by atoms with Crippen LogP contribution in [-0.4, -0.2) is 41.6 Å². The number of carbonyl (C=O) groups excluding carboxylic acids is 2. The molecule has 0 rings (SSSR count). The standard InChI is InChI=1S/C47H84N2O5/c1-3-5-7-9-11-12-13-14-15-16-17-18-19-20-21-22-23-24-26-31-35-41-46(51)54-43(37-32-28-25-10-8-6-4-2)38-33-29-27-30-34-40-45(50)49-44(47(52)53)39-36-42-48/h5,7,11-12,14-15,17-18,43-44H,3-4,6,8-10,13,16,19-42,48H2,1-2H3,(H,49,50)(H,52,53)/b7-5-,12-11-,15-14-,18-17-. The van der Waals surface area contributed by atoms with Crippen LogP contribution in [0.5, 0.6) is 0 Å². The van der Waals surface area contributed by atoms with Gasteiger partial charge in [0.15, 0.2) is 0 Å². The van der Waals surface area contributed by atoms with Crippen molar-refractivity contribution in [2.24, 2.45) is 5.73 Å². The third-order valence-electron chi connectivity index (χ3n) is 9.91. The summed E-state index contributed by atoms with van der Waals surface area (Å²) < 4.78 is 6.02. The first-order chi connectivity index (χ1) is 26.4. The van der Waals surface area contributed by atoms with E-state index in [9.17, 15) is 19.5 Å². The van der Waals surface area contributed by atoms with Gasteiger partial charge in [-0.3, -0.25) is 9.59 Å². The summed E-state index contributed by atoms with van der Waals surface area (Å²) in [6.45, 7) is 4.82. The Morgan fingerprint density at radius 2 is 1.02 bits per heavy atom. The normalized spacial score (nSPS) is 13.1. The van der Waals surface area contributed by atoms with Gasteiger partial charge in [-0.1, -0.05) is 159 Å². The molecule has 54 heavy (non-hydrogen) atoms. The van der Waals surface area contributed by atoms with Crippen LogP contribution in [0.2, 0.25) is 0 Å². The molecule has 0 bridgehead atoms. The number of rotatable bonds is 40. The summed E-state index contributed by atoms with van der Waals surface area (Å²) in [6.07, 6.45) is 50.2. The number of amides is 1. The molecule has 0 aromatic carbocycles. The van der Waals surface area contributed by atoms with E-state index in [1.165, 1.54) is 83.5 Å². The molecule has 0 heterocycles. The molecule has 0 aliphatic rings. The van der Waals surface area contributed by atoms with Crippen LogP contribution in [0.3, 0.4) is 0 Å². The number of nitrogens with one attached hydrogen (secondary N) is 1. The lowest BCUT2D eigenvalue weighted by Gasteiger charge is -2.18. The number of hydrogen-bond donors (Lipinski definition) is 3. The Kier molecular flexibility index (Phi) is 39.4. The molecule has 0 spiro atoms. The Balaban J connectivity index is 4.12. The van der Waals surface area contributed by atoms with E-state index in [4.69, 9.17) is 10.5 Å². The summed E-state index contributed by atoms with van der Waals surface area (Å²) in [4.78, 5) is 36.3. The largest absolute Gasteiger partial charge is 0.480 e. The van der Waals surface area contributed by atoms with E-state index in [0.29, 0.717) is 32.2 Å². The lowest BCUT2D eigenvalue weighted by Crippen LogP contribution is -2.40. The Bertz CT molecular complexity index is 989. The molecule has 312 valence electrons. The number of aliphatic carboxylic acids is 1. The van der Waals surface area contributed by atoms with Gasteiger partial charge in [0, 0.05) is 12.8 Å². The highest BCUT2D eigenvalue weighted by Crippen LogP contribution is 2.19. The minimum absolute atomic E-state index is 0.0112. The van der Waals surface area contributed by atoms with Crippen molar-refractivity contribution in [2.75, 3.05) is 6.54 Å². The molecule has 0 aliphatic carbocycles. The Morgan fingerprint density at radius 1 is 0.556 bits per heavy atom. The molecule has 0 aliphatic heterocycles. The maximum absolute atomic E-state index is 12.8. The fourth-order valence-corrected chi connectivity index (χ4v) is 6.56. The quantitative estimate of drug-likeness (QED) is 0.0325. The molecule has 0 radical (unpaired) electrons. The molecule has 0 saturated carbocycles. The maximum atomic E-state index is 12.8. The fraction of sp³-hybridized carbons (Fsp3) is 0.766. The first-order valence-corrected chi connectivity index (χ1v) is 22.5. The highest BCUT2D eigenvalue weighted by atomic mass is 16.5. The van der Waals surface area contributed by atoms with Crippen molar-refractivity contribution in [3.05, 3.63) is 48.6 Å². The third kappa shape index (κ3) is 37.6. The monoisotopic (exact) mass is 757 g/mol. The number of nitrogens with two attached hydrogens (primary N) is 1. The maximum Gasteiger partial charge on any atom is 0.326 e. The van der Waals surface area contributed by atoms with Crippen molar-refractivity contribution in [3.8, 4) is 0 Å². The van der Waals surface area contributed by atoms with Crippen molar-refractivity contribution >= 4 is 17.8 Å². The highest BCUT2D eigenvalue weighted by Gasteiger charge is 2.19. The molecule has 0 aromatic heterocycles. The number of unbranched alkanes of at least 4 members (excludes halogenated alkanes) is 18. The van der Waals surface area contributed by atoms with Crippen molar-refractivity contribution in [2.45, 2.75) is 225 Å². The predicted molar refractivity (Wildman–Crippen MR) is 230 cm³/mol. The van der Waals surface area contributed by atoms with Gasteiger partial charge in [0.05, 0.1) is 0 Å². The third-order valence-corrected chi connectivity index (χ3v) is 9.91. The first kappa shape index (κ1) is 51.3. The number of carboxylic acid groups (broad SMARTS) is 1. The SMILES string of the molecule is CC/C=C\C/C=C\C/C=C\C/C=C\CCCCCCCCCCC(=O)OC(CCCCCCCCC)CCCCCCCC(=O)NC(CCCN)C(=O)O. The van der Waals surface area contributed by atoms with E-state index < -0.39 is 12.0 Å². The van der Waals surface area contributed by atoms with Crippen molar-refractivity contribution < 1.29 is 24.2 Å². The zero-order chi connectivity index (χ0) is 39.6. The molecule has 1 amide bonds. The lowest BCUT2D eigenvalue weighted by atomic mass is 10.0. The summed E-state index contributed by atoms with van der Waals surface area (Å²) in [5, 5.41) is 11.9. The molecule has 0 fully saturated rings. The lowest BCUT2D eigenvalue weighted by molar-refractivity contribution is -0.150. The number of esters is 1. The summed E-state index contributed by atoms with van der Waals surface area (Å²) in [5.41, 5.74) is 5.48. The smallest absolute Gasteiger partial charge is 0.326 e. The van der Waals surface area contributed by atoms with Gasteiger partial charge in [-0.25, -0.2) is 4.79 Å². The van der Waals surface area contributed by atoms with E-state index in [1.807, 2.05) is 0 Å². The van der Waals surface area contributed by atoms with Gasteiger partial charge in [0.25, 0.3) is 0 Å². The van der Waals surface area contributed by atoms with Gasteiger partial charge in [-0.05, 0) is 96.4 Å². The first-order valence-electron chi connectivity index (χ1n) is 22.5. The molecule has 7 heteroatoms. The fourth-order valence-electron chi connectivity index (χ4n) is 6.56. The molecule has 0 aromatic rings. The van der Waals surface area contributed by atoms with E-state index in [1.54, 1.807) is 0 Å². The predicted octanol–water partition coefficient (Wildman–Crippen LogP) is 12.8. The van der Waals surface area contributed by atoms with Crippen LogP contribution in [0.15, 0.2) is 48.6 Å². The molecular formula is C47H84N2O5. The van der Waals surface area contributed by atoms with Crippen LogP contribution in [0.1, 0.15) is 213 Å². The van der Waals surface area contributed by atoms with Crippen LogP contribution in [0.4, 0.5) is 0 Å². The minimum atomic E-state index is -1.01. The number of allylic oxidation sites excluding steroid dienone is 8. The van der Waals surface area contributed by atoms with Crippen LogP contribution >= 0.6 is 0 Å².